The van der Waals surface area contributed by atoms with E-state index in [-0.39, 0.29) is 11.7 Å². The highest BCUT2D eigenvalue weighted by molar-refractivity contribution is 5.83. The lowest BCUT2D eigenvalue weighted by Gasteiger charge is -2.33. The van der Waals surface area contributed by atoms with Gasteiger partial charge in [0.15, 0.2) is 6.33 Å². The Morgan fingerprint density at radius 3 is 2.92 bits per heavy atom. The van der Waals surface area contributed by atoms with Crippen molar-refractivity contribution in [3.05, 3.63) is 42.0 Å². The summed E-state index contributed by atoms with van der Waals surface area (Å²) in [5, 5.41) is 14.1. The molecule has 0 radical (unpaired) electrons. The number of morpholine rings is 1. The van der Waals surface area contributed by atoms with E-state index in [0.29, 0.717) is 45.0 Å². The summed E-state index contributed by atoms with van der Waals surface area (Å²) >= 11 is 0. The zero-order valence-electron chi connectivity index (χ0n) is 13.1. The predicted octanol–water partition coefficient (Wildman–Crippen LogP) is 0.00190. The average molecular weight is 334 g/mol. The van der Waals surface area contributed by atoms with Gasteiger partial charge in [0.1, 0.15) is 11.9 Å². The van der Waals surface area contributed by atoms with Crippen LogP contribution in [0.4, 0.5) is 4.39 Å². The lowest BCUT2D eigenvalue weighted by Crippen LogP contribution is -2.46. The number of benzene rings is 1. The van der Waals surface area contributed by atoms with Crippen molar-refractivity contribution in [1.29, 1.82) is 0 Å². The van der Waals surface area contributed by atoms with Gasteiger partial charge in [0.25, 0.3) is 0 Å². The molecule has 9 heteroatoms. The van der Waals surface area contributed by atoms with Crippen LogP contribution in [0.25, 0.3) is 0 Å². The van der Waals surface area contributed by atoms with Crippen molar-refractivity contribution >= 4 is 5.91 Å². The standard InChI is InChI=1S/C15H19FN6O2/c16-13-3-1-2-12(10-13)14(21-6-8-24-9-7-21)15(23)17-4-5-22-19-11-18-20-22/h1-3,10-11,14H,4-9H2,(H,17,23). The number of carbonyl (C=O) groups excluding carboxylic acids is 1. The molecule has 1 aliphatic heterocycles. The Kier molecular flexibility index (Phi) is 5.44. The number of aromatic nitrogens is 4. The Bertz CT molecular complexity index is 660. The first-order valence-corrected chi connectivity index (χ1v) is 7.80. The molecule has 1 fully saturated rings. The normalized spacial score (nSPS) is 16.7. The van der Waals surface area contributed by atoms with Crippen LogP contribution in [-0.2, 0) is 16.1 Å². The highest BCUT2D eigenvalue weighted by Crippen LogP contribution is 2.22. The van der Waals surface area contributed by atoms with Crippen LogP contribution in [0.3, 0.4) is 0 Å². The third-order valence-electron chi connectivity index (χ3n) is 3.83. The van der Waals surface area contributed by atoms with Gasteiger partial charge < -0.3 is 10.1 Å². The number of tetrazole rings is 1. The highest BCUT2D eigenvalue weighted by Gasteiger charge is 2.29. The molecular formula is C15H19FN6O2. The van der Waals surface area contributed by atoms with Gasteiger partial charge >= 0.3 is 0 Å². The Morgan fingerprint density at radius 1 is 1.38 bits per heavy atom. The lowest BCUT2D eigenvalue weighted by molar-refractivity contribution is -0.128. The zero-order chi connectivity index (χ0) is 16.8. The van der Waals surface area contributed by atoms with E-state index in [9.17, 15) is 9.18 Å². The van der Waals surface area contributed by atoms with E-state index in [1.54, 1.807) is 12.1 Å². The van der Waals surface area contributed by atoms with Gasteiger partial charge in [0.2, 0.25) is 5.91 Å². The fourth-order valence-electron chi connectivity index (χ4n) is 2.71. The van der Waals surface area contributed by atoms with Crippen molar-refractivity contribution in [1.82, 2.24) is 30.4 Å². The molecule has 1 amide bonds. The molecule has 1 atom stereocenters. The van der Waals surface area contributed by atoms with Crippen LogP contribution in [0.5, 0.6) is 0 Å². The summed E-state index contributed by atoms with van der Waals surface area (Å²) in [5.74, 6) is -0.534. The Labute approximate surface area is 138 Å². The first-order valence-electron chi connectivity index (χ1n) is 7.80. The van der Waals surface area contributed by atoms with E-state index >= 15 is 0 Å². The number of hydrogen-bond acceptors (Lipinski definition) is 6. The molecule has 2 aromatic rings. The maximum absolute atomic E-state index is 13.6. The average Bonchev–Trinajstić information content (AvgIpc) is 3.10. The van der Waals surface area contributed by atoms with Gasteiger partial charge in [-0.2, -0.15) is 4.80 Å². The first-order chi connectivity index (χ1) is 11.7. The van der Waals surface area contributed by atoms with Gasteiger partial charge in [-0.3, -0.25) is 9.69 Å². The van der Waals surface area contributed by atoms with Crippen molar-refractivity contribution in [2.45, 2.75) is 12.6 Å². The number of hydrogen-bond donors (Lipinski definition) is 1. The molecule has 1 saturated heterocycles. The van der Waals surface area contributed by atoms with Crippen LogP contribution in [0.1, 0.15) is 11.6 Å². The summed E-state index contributed by atoms with van der Waals surface area (Å²) < 4.78 is 18.9. The first kappa shape index (κ1) is 16.5. The quantitative estimate of drug-likeness (QED) is 0.800. The van der Waals surface area contributed by atoms with Gasteiger partial charge in [0, 0.05) is 19.6 Å². The van der Waals surface area contributed by atoms with E-state index in [4.69, 9.17) is 4.74 Å². The minimum Gasteiger partial charge on any atom is -0.379 e. The number of nitrogens with zero attached hydrogens (tertiary/aromatic N) is 5. The summed E-state index contributed by atoms with van der Waals surface area (Å²) in [4.78, 5) is 16.1. The summed E-state index contributed by atoms with van der Waals surface area (Å²) in [5.41, 5.74) is 0.633. The molecule has 0 saturated carbocycles. The molecule has 1 aromatic carbocycles. The highest BCUT2D eigenvalue weighted by atomic mass is 19.1. The number of carbonyl (C=O) groups is 1. The lowest BCUT2D eigenvalue weighted by atomic mass is 10.0. The van der Waals surface area contributed by atoms with Crippen molar-refractivity contribution < 1.29 is 13.9 Å². The smallest absolute Gasteiger partial charge is 0.242 e. The molecular weight excluding hydrogens is 315 g/mol. The molecule has 0 spiro atoms. The van der Waals surface area contributed by atoms with Crippen molar-refractivity contribution in [2.75, 3.05) is 32.8 Å². The number of rotatable bonds is 6. The van der Waals surface area contributed by atoms with Crippen LogP contribution in [0.2, 0.25) is 0 Å². The predicted molar refractivity (Wildman–Crippen MR) is 82.4 cm³/mol. The molecule has 1 unspecified atom stereocenters. The molecule has 1 aliphatic rings. The summed E-state index contributed by atoms with van der Waals surface area (Å²) in [6.07, 6.45) is 1.34. The van der Waals surface area contributed by atoms with Crippen LogP contribution >= 0.6 is 0 Å². The fraction of sp³-hybridized carbons (Fsp3) is 0.467. The number of halogens is 1. The largest absolute Gasteiger partial charge is 0.379 e. The fourth-order valence-corrected chi connectivity index (χ4v) is 2.71. The molecule has 1 N–H and O–H groups in total. The van der Waals surface area contributed by atoms with Crippen LogP contribution < -0.4 is 5.32 Å². The molecule has 0 aliphatic carbocycles. The van der Waals surface area contributed by atoms with Gasteiger partial charge in [-0.05, 0) is 22.9 Å². The van der Waals surface area contributed by atoms with E-state index in [1.165, 1.54) is 23.3 Å². The molecule has 3 rings (SSSR count). The SMILES string of the molecule is O=C(NCCn1ncnn1)C(c1cccc(F)c1)N1CCOCC1. The van der Waals surface area contributed by atoms with E-state index in [1.807, 2.05) is 4.90 Å². The van der Waals surface area contributed by atoms with E-state index in [2.05, 4.69) is 20.7 Å². The van der Waals surface area contributed by atoms with Crippen molar-refractivity contribution in [2.24, 2.45) is 0 Å². The van der Waals surface area contributed by atoms with Gasteiger partial charge in [-0.1, -0.05) is 12.1 Å². The minimum absolute atomic E-state index is 0.178. The van der Waals surface area contributed by atoms with E-state index < -0.39 is 6.04 Å². The second-order valence-electron chi connectivity index (χ2n) is 5.43. The van der Waals surface area contributed by atoms with Crippen LogP contribution in [-0.4, -0.2) is 63.9 Å². The molecule has 0 bridgehead atoms. The summed E-state index contributed by atoms with van der Waals surface area (Å²) in [7, 11) is 0. The third-order valence-corrected chi connectivity index (χ3v) is 3.83. The monoisotopic (exact) mass is 334 g/mol. The second-order valence-corrected chi connectivity index (χ2v) is 5.43. The molecule has 2 heterocycles. The van der Waals surface area contributed by atoms with Gasteiger partial charge in [0.05, 0.1) is 19.8 Å². The Morgan fingerprint density at radius 2 is 2.21 bits per heavy atom. The summed E-state index contributed by atoms with van der Waals surface area (Å²) in [6.45, 7) is 3.15. The topological polar surface area (TPSA) is 85.2 Å². The second kappa shape index (κ2) is 7.93. The molecule has 1 aromatic heterocycles. The van der Waals surface area contributed by atoms with Crippen molar-refractivity contribution in [3.63, 3.8) is 0 Å². The molecule has 8 nitrogen and oxygen atoms in total. The molecule has 24 heavy (non-hydrogen) atoms. The number of nitrogens with one attached hydrogen (secondary N) is 1. The Hall–Kier alpha value is -2.39. The number of ether oxygens (including phenoxy) is 1. The van der Waals surface area contributed by atoms with Gasteiger partial charge in [-0.25, -0.2) is 4.39 Å². The maximum atomic E-state index is 13.6. The minimum atomic E-state index is -0.548. The van der Waals surface area contributed by atoms with Crippen LogP contribution in [0.15, 0.2) is 30.6 Å². The third kappa shape index (κ3) is 4.12. The maximum Gasteiger partial charge on any atom is 0.242 e. The van der Waals surface area contributed by atoms with Gasteiger partial charge in [-0.15, -0.1) is 10.2 Å². The van der Waals surface area contributed by atoms with Crippen LogP contribution in [0, 0.1) is 5.82 Å². The molecule has 128 valence electrons. The Balaban J connectivity index is 1.69. The van der Waals surface area contributed by atoms with E-state index in [0.717, 1.165) is 0 Å². The number of amides is 1. The zero-order valence-corrected chi connectivity index (χ0v) is 13.1. The summed E-state index contributed by atoms with van der Waals surface area (Å²) in [6, 6.07) is 5.60. The van der Waals surface area contributed by atoms with Crippen molar-refractivity contribution in [3.8, 4) is 0 Å².